The van der Waals surface area contributed by atoms with Crippen molar-refractivity contribution in [2.24, 2.45) is 0 Å². The van der Waals surface area contributed by atoms with Crippen LogP contribution in [0.25, 0.3) is 0 Å². The van der Waals surface area contributed by atoms with Crippen molar-refractivity contribution in [2.45, 2.75) is 25.7 Å². The maximum absolute atomic E-state index is 11.6. The van der Waals surface area contributed by atoms with Gasteiger partial charge in [0.25, 0.3) is 0 Å². The number of aryl methyl sites for hydroxylation is 1. The van der Waals surface area contributed by atoms with Crippen LogP contribution in [0.5, 0.6) is 0 Å². The zero-order valence-corrected chi connectivity index (χ0v) is 12.0. The topological polar surface area (TPSA) is 58.4 Å². The SMILES string of the molecule is CN(C)CCCCNC(=O)CCc1cccc(N)c1. The molecular formula is C15H25N3O. The smallest absolute Gasteiger partial charge is 0.220 e. The molecule has 4 heteroatoms. The van der Waals surface area contributed by atoms with Gasteiger partial charge in [-0.05, 0) is 57.6 Å². The molecule has 0 aliphatic rings. The molecule has 1 rings (SSSR count). The molecule has 0 atom stereocenters. The number of unbranched alkanes of at least 4 members (excludes halogenated alkanes) is 1. The van der Waals surface area contributed by atoms with Gasteiger partial charge in [0, 0.05) is 18.7 Å². The van der Waals surface area contributed by atoms with E-state index in [1.165, 1.54) is 0 Å². The summed E-state index contributed by atoms with van der Waals surface area (Å²) in [5.74, 6) is 0.118. The van der Waals surface area contributed by atoms with Crippen LogP contribution in [0.3, 0.4) is 0 Å². The second-order valence-electron chi connectivity index (χ2n) is 5.11. The molecule has 0 aliphatic heterocycles. The number of benzene rings is 1. The lowest BCUT2D eigenvalue weighted by Crippen LogP contribution is -2.25. The molecule has 0 aliphatic carbocycles. The number of rotatable bonds is 8. The summed E-state index contributed by atoms with van der Waals surface area (Å²) >= 11 is 0. The molecule has 0 fully saturated rings. The van der Waals surface area contributed by atoms with Crippen LogP contribution in [-0.4, -0.2) is 38.0 Å². The maximum atomic E-state index is 11.6. The van der Waals surface area contributed by atoms with E-state index >= 15 is 0 Å². The van der Waals surface area contributed by atoms with E-state index in [0.717, 1.165) is 43.6 Å². The van der Waals surface area contributed by atoms with Gasteiger partial charge in [-0.1, -0.05) is 12.1 Å². The van der Waals surface area contributed by atoms with Crippen molar-refractivity contribution in [3.05, 3.63) is 29.8 Å². The first-order valence-electron chi connectivity index (χ1n) is 6.84. The summed E-state index contributed by atoms with van der Waals surface area (Å²) in [4.78, 5) is 13.8. The Morgan fingerprint density at radius 2 is 2.11 bits per heavy atom. The van der Waals surface area contributed by atoms with Crippen molar-refractivity contribution in [3.8, 4) is 0 Å². The third-order valence-corrected chi connectivity index (χ3v) is 2.95. The van der Waals surface area contributed by atoms with Gasteiger partial charge in [0.2, 0.25) is 5.91 Å². The minimum Gasteiger partial charge on any atom is -0.399 e. The Morgan fingerprint density at radius 1 is 1.32 bits per heavy atom. The summed E-state index contributed by atoms with van der Waals surface area (Å²) in [7, 11) is 4.12. The number of carbonyl (C=O) groups is 1. The van der Waals surface area contributed by atoms with Gasteiger partial charge in [0.1, 0.15) is 0 Å². The molecule has 3 N–H and O–H groups in total. The van der Waals surface area contributed by atoms with E-state index < -0.39 is 0 Å². The molecule has 1 aromatic rings. The van der Waals surface area contributed by atoms with Gasteiger partial charge in [-0.3, -0.25) is 4.79 Å². The summed E-state index contributed by atoms with van der Waals surface area (Å²) in [5.41, 5.74) is 7.56. The number of amides is 1. The highest BCUT2D eigenvalue weighted by Gasteiger charge is 2.02. The number of nitrogen functional groups attached to an aromatic ring is 1. The Morgan fingerprint density at radius 3 is 2.79 bits per heavy atom. The van der Waals surface area contributed by atoms with Crippen LogP contribution >= 0.6 is 0 Å². The van der Waals surface area contributed by atoms with Crippen molar-refractivity contribution in [1.82, 2.24) is 10.2 Å². The highest BCUT2D eigenvalue weighted by atomic mass is 16.1. The number of nitrogens with two attached hydrogens (primary N) is 1. The first kappa shape index (κ1) is 15.5. The summed E-state index contributed by atoms with van der Waals surface area (Å²) in [6.45, 7) is 1.84. The van der Waals surface area contributed by atoms with Gasteiger partial charge in [-0.25, -0.2) is 0 Å². The Hall–Kier alpha value is -1.55. The van der Waals surface area contributed by atoms with E-state index in [0.29, 0.717) is 6.42 Å². The van der Waals surface area contributed by atoms with Crippen molar-refractivity contribution in [2.75, 3.05) is 32.9 Å². The Kier molecular flexibility index (Phi) is 6.97. The molecule has 1 aromatic carbocycles. The highest BCUT2D eigenvalue weighted by molar-refractivity contribution is 5.76. The molecule has 0 saturated heterocycles. The lowest BCUT2D eigenvalue weighted by Gasteiger charge is -2.09. The van der Waals surface area contributed by atoms with Gasteiger partial charge in [-0.2, -0.15) is 0 Å². The zero-order valence-electron chi connectivity index (χ0n) is 12.0. The van der Waals surface area contributed by atoms with Crippen LogP contribution in [0.2, 0.25) is 0 Å². The Labute approximate surface area is 116 Å². The Bertz CT molecular complexity index is 391. The zero-order chi connectivity index (χ0) is 14.1. The van der Waals surface area contributed by atoms with Crippen LogP contribution < -0.4 is 11.1 Å². The van der Waals surface area contributed by atoms with Gasteiger partial charge in [0.05, 0.1) is 0 Å². The fourth-order valence-electron chi connectivity index (χ4n) is 1.88. The molecule has 4 nitrogen and oxygen atoms in total. The molecule has 106 valence electrons. The first-order valence-corrected chi connectivity index (χ1v) is 6.84. The van der Waals surface area contributed by atoms with Crippen LogP contribution in [0, 0.1) is 0 Å². The summed E-state index contributed by atoms with van der Waals surface area (Å²) < 4.78 is 0. The van der Waals surface area contributed by atoms with E-state index in [-0.39, 0.29) is 5.91 Å². The molecule has 0 unspecified atom stereocenters. The fourth-order valence-corrected chi connectivity index (χ4v) is 1.88. The molecule has 19 heavy (non-hydrogen) atoms. The predicted molar refractivity (Wildman–Crippen MR) is 80.0 cm³/mol. The molecule has 0 heterocycles. The van der Waals surface area contributed by atoms with Gasteiger partial charge < -0.3 is 16.0 Å². The molecule has 0 saturated carbocycles. The number of nitrogens with one attached hydrogen (secondary N) is 1. The largest absolute Gasteiger partial charge is 0.399 e. The molecular weight excluding hydrogens is 238 g/mol. The minimum atomic E-state index is 0.118. The number of hydrogen-bond acceptors (Lipinski definition) is 3. The summed E-state index contributed by atoms with van der Waals surface area (Å²) in [5, 5.41) is 2.95. The maximum Gasteiger partial charge on any atom is 0.220 e. The lowest BCUT2D eigenvalue weighted by molar-refractivity contribution is -0.121. The van der Waals surface area contributed by atoms with Gasteiger partial charge in [0.15, 0.2) is 0 Å². The standard InChI is InChI=1S/C15H25N3O/c1-18(2)11-4-3-10-17-15(19)9-8-13-6-5-7-14(16)12-13/h5-7,12H,3-4,8-11,16H2,1-2H3,(H,17,19). The average Bonchev–Trinajstić information content (AvgIpc) is 2.35. The second-order valence-corrected chi connectivity index (χ2v) is 5.11. The lowest BCUT2D eigenvalue weighted by atomic mass is 10.1. The van der Waals surface area contributed by atoms with Crippen LogP contribution in [0.1, 0.15) is 24.8 Å². The third-order valence-electron chi connectivity index (χ3n) is 2.95. The number of carbonyl (C=O) groups excluding carboxylic acids is 1. The first-order chi connectivity index (χ1) is 9.08. The number of hydrogen-bond donors (Lipinski definition) is 2. The van der Waals surface area contributed by atoms with E-state index in [1.807, 2.05) is 24.3 Å². The highest BCUT2D eigenvalue weighted by Crippen LogP contribution is 2.08. The molecule has 0 bridgehead atoms. The monoisotopic (exact) mass is 263 g/mol. The average molecular weight is 263 g/mol. The van der Waals surface area contributed by atoms with Crippen molar-refractivity contribution >= 4 is 11.6 Å². The minimum absolute atomic E-state index is 0.118. The second kappa shape index (κ2) is 8.53. The van der Waals surface area contributed by atoms with E-state index in [9.17, 15) is 4.79 Å². The summed E-state index contributed by atoms with van der Waals surface area (Å²) in [6, 6.07) is 7.70. The van der Waals surface area contributed by atoms with Crippen molar-refractivity contribution < 1.29 is 4.79 Å². The molecule has 0 spiro atoms. The Balaban J connectivity index is 2.11. The number of nitrogens with zero attached hydrogens (tertiary/aromatic N) is 1. The van der Waals surface area contributed by atoms with Crippen molar-refractivity contribution in [1.29, 1.82) is 0 Å². The molecule has 0 radical (unpaired) electrons. The van der Waals surface area contributed by atoms with Crippen LogP contribution in [-0.2, 0) is 11.2 Å². The molecule has 0 aromatic heterocycles. The van der Waals surface area contributed by atoms with Crippen molar-refractivity contribution in [3.63, 3.8) is 0 Å². The normalized spacial score (nSPS) is 10.7. The predicted octanol–water partition coefficient (Wildman–Crippen LogP) is 1.66. The number of anilines is 1. The molecule has 1 amide bonds. The van der Waals surface area contributed by atoms with Gasteiger partial charge in [-0.15, -0.1) is 0 Å². The third kappa shape index (κ3) is 7.47. The van der Waals surface area contributed by atoms with Crippen LogP contribution in [0.15, 0.2) is 24.3 Å². The van der Waals surface area contributed by atoms with E-state index in [4.69, 9.17) is 5.73 Å². The van der Waals surface area contributed by atoms with E-state index in [2.05, 4.69) is 24.3 Å². The quantitative estimate of drug-likeness (QED) is 0.554. The van der Waals surface area contributed by atoms with Gasteiger partial charge >= 0.3 is 0 Å². The van der Waals surface area contributed by atoms with E-state index in [1.54, 1.807) is 0 Å². The summed E-state index contributed by atoms with van der Waals surface area (Å²) in [6.07, 6.45) is 3.41. The fraction of sp³-hybridized carbons (Fsp3) is 0.533. The van der Waals surface area contributed by atoms with Crippen LogP contribution in [0.4, 0.5) is 5.69 Å².